The first-order chi connectivity index (χ1) is 7.16. The SMILES string of the molecule is C[C@@H]1CN(c2ncccc2F)CC(=O)N1. The first-order valence-electron chi connectivity index (χ1n) is 4.81. The first kappa shape index (κ1) is 9.89. The van der Waals surface area contributed by atoms with Crippen LogP contribution in [0.1, 0.15) is 6.92 Å². The molecule has 5 heteroatoms. The number of hydrogen-bond donors (Lipinski definition) is 1. The number of amides is 1. The van der Waals surface area contributed by atoms with Crippen molar-refractivity contribution in [3.63, 3.8) is 0 Å². The van der Waals surface area contributed by atoms with Crippen LogP contribution in [0, 0.1) is 5.82 Å². The van der Waals surface area contributed by atoms with Crippen molar-refractivity contribution in [1.82, 2.24) is 10.3 Å². The number of piperazine rings is 1. The summed E-state index contributed by atoms with van der Waals surface area (Å²) in [6, 6.07) is 2.90. The summed E-state index contributed by atoms with van der Waals surface area (Å²) >= 11 is 0. The number of nitrogens with zero attached hydrogens (tertiary/aromatic N) is 2. The lowest BCUT2D eigenvalue weighted by Gasteiger charge is -2.31. The molecule has 1 fully saturated rings. The van der Waals surface area contributed by atoms with E-state index in [1.807, 2.05) is 6.92 Å². The van der Waals surface area contributed by atoms with E-state index in [-0.39, 0.29) is 30.1 Å². The summed E-state index contributed by atoms with van der Waals surface area (Å²) in [6.07, 6.45) is 1.52. The van der Waals surface area contributed by atoms with Crippen LogP contribution in [0.4, 0.5) is 10.2 Å². The zero-order valence-electron chi connectivity index (χ0n) is 8.40. The van der Waals surface area contributed by atoms with E-state index in [1.54, 1.807) is 4.90 Å². The third-order valence-corrected chi connectivity index (χ3v) is 2.27. The highest BCUT2D eigenvalue weighted by Gasteiger charge is 2.24. The molecule has 0 radical (unpaired) electrons. The second kappa shape index (κ2) is 3.84. The number of nitrogens with one attached hydrogen (secondary N) is 1. The van der Waals surface area contributed by atoms with Gasteiger partial charge in [0.05, 0.1) is 6.54 Å². The van der Waals surface area contributed by atoms with Gasteiger partial charge in [-0.05, 0) is 19.1 Å². The number of carbonyl (C=O) groups excluding carboxylic acids is 1. The fourth-order valence-corrected chi connectivity index (χ4v) is 1.71. The molecule has 1 aromatic rings. The Kier molecular flexibility index (Phi) is 2.53. The van der Waals surface area contributed by atoms with Crippen molar-refractivity contribution in [2.75, 3.05) is 18.0 Å². The molecular weight excluding hydrogens is 197 g/mol. The number of hydrogen-bond acceptors (Lipinski definition) is 3. The van der Waals surface area contributed by atoms with Crippen molar-refractivity contribution < 1.29 is 9.18 Å². The average molecular weight is 209 g/mol. The zero-order valence-corrected chi connectivity index (χ0v) is 8.40. The van der Waals surface area contributed by atoms with E-state index in [0.717, 1.165) is 0 Å². The number of halogens is 1. The number of rotatable bonds is 1. The van der Waals surface area contributed by atoms with Crippen LogP contribution in [0.2, 0.25) is 0 Å². The highest BCUT2D eigenvalue weighted by molar-refractivity contribution is 5.82. The summed E-state index contributed by atoms with van der Waals surface area (Å²) in [6.45, 7) is 2.63. The van der Waals surface area contributed by atoms with Gasteiger partial charge in [0.15, 0.2) is 11.6 Å². The van der Waals surface area contributed by atoms with Crippen molar-refractivity contribution in [3.8, 4) is 0 Å². The number of carbonyl (C=O) groups is 1. The standard InChI is InChI=1S/C10H12FN3O/c1-7-5-14(6-9(15)13-7)10-8(11)3-2-4-12-10/h2-4,7H,5-6H2,1H3,(H,13,15)/t7-/m1/s1. The van der Waals surface area contributed by atoms with Gasteiger partial charge in [0, 0.05) is 18.8 Å². The fourth-order valence-electron chi connectivity index (χ4n) is 1.71. The molecule has 0 aliphatic carbocycles. The average Bonchev–Trinajstić information content (AvgIpc) is 2.16. The summed E-state index contributed by atoms with van der Waals surface area (Å²) in [5.41, 5.74) is 0. The molecule has 1 atom stereocenters. The lowest BCUT2D eigenvalue weighted by atomic mass is 10.2. The van der Waals surface area contributed by atoms with E-state index in [1.165, 1.54) is 18.3 Å². The summed E-state index contributed by atoms with van der Waals surface area (Å²) in [4.78, 5) is 16.9. The second-order valence-electron chi connectivity index (χ2n) is 3.66. The molecule has 0 unspecified atom stereocenters. The Labute approximate surface area is 87.1 Å². The molecule has 1 aliphatic heterocycles. The molecule has 1 saturated heterocycles. The molecule has 1 N–H and O–H groups in total. The first-order valence-corrected chi connectivity index (χ1v) is 4.81. The van der Waals surface area contributed by atoms with Crippen molar-refractivity contribution >= 4 is 11.7 Å². The van der Waals surface area contributed by atoms with Gasteiger partial charge in [-0.25, -0.2) is 9.37 Å². The van der Waals surface area contributed by atoms with E-state index >= 15 is 0 Å². The topological polar surface area (TPSA) is 45.2 Å². The third kappa shape index (κ3) is 2.06. The van der Waals surface area contributed by atoms with Gasteiger partial charge in [0.25, 0.3) is 0 Å². The normalized spacial score (nSPS) is 21.3. The number of pyridine rings is 1. The quantitative estimate of drug-likeness (QED) is 0.734. The molecule has 15 heavy (non-hydrogen) atoms. The fraction of sp³-hybridized carbons (Fsp3) is 0.400. The maximum absolute atomic E-state index is 13.4. The molecule has 1 aromatic heterocycles. The van der Waals surface area contributed by atoms with Crippen molar-refractivity contribution in [2.24, 2.45) is 0 Å². The van der Waals surface area contributed by atoms with E-state index in [9.17, 15) is 9.18 Å². The van der Waals surface area contributed by atoms with E-state index in [0.29, 0.717) is 6.54 Å². The molecule has 0 bridgehead atoms. The minimum Gasteiger partial charge on any atom is -0.350 e. The molecule has 0 saturated carbocycles. The maximum Gasteiger partial charge on any atom is 0.239 e. The molecule has 0 aromatic carbocycles. The lowest BCUT2D eigenvalue weighted by molar-refractivity contribution is -0.121. The number of aromatic nitrogens is 1. The Hall–Kier alpha value is -1.65. The second-order valence-corrected chi connectivity index (χ2v) is 3.66. The molecule has 1 amide bonds. The minimum absolute atomic E-state index is 0.0210. The number of anilines is 1. The van der Waals surface area contributed by atoms with Crippen molar-refractivity contribution in [1.29, 1.82) is 0 Å². The molecular formula is C10H12FN3O. The Morgan fingerprint density at radius 2 is 2.47 bits per heavy atom. The summed E-state index contributed by atoms with van der Waals surface area (Å²) < 4.78 is 13.4. The Bertz CT molecular complexity index is 383. The lowest BCUT2D eigenvalue weighted by Crippen LogP contribution is -2.53. The van der Waals surface area contributed by atoms with Gasteiger partial charge in [0.2, 0.25) is 5.91 Å². The molecule has 2 rings (SSSR count). The van der Waals surface area contributed by atoms with Crippen LogP contribution >= 0.6 is 0 Å². The van der Waals surface area contributed by atoms with Gasteiger partial charge in [-0.3, -0.25) is 4.79 Å². The summed E-state index contributed by atoms with van der Waals surface area (Å²) in [7, 11) is 0. The van der Waals surface area contributed by atoms with Gasteiger partial charge < -0.3 is 10.2 Å². The van der Waals surface area contributed by atoms with E-state index < -0.39 is 0 Å². The van der Waals surface area contributed by atoms with Crippen LogP contribution in [0.5, 0.6) is 0 Å². The van der Waals surface area contributed by atoms with Crippen LogP contribution in [-0.4, -0.2) is 30.0 Å². The van der Waals surface area contributed by atoms with E-state index in [2.05, 4.69) is 10.3 Å². The third-order valence-electron chi connectivity index (χ3n) is 2.27. The van der Waals surface area contributed by atoms with Crippen LogP contribution in [0.3, 0.4) is 0 Å². The largest absolute Gasteiger partial charge is 0.350 e. The van der Waals surface area contributed by atoms with Gasteiger partial charge in [0.1, 0.15) is 0 Å². The predicted molar refractivity (Wildman–Crippen MR) is 54.0 cm³/mol. The Balaban J connectivity index is 2.23. The Morgan fingerprint density at radius 1 is 1.67 bits per heavy atom. The van der Waals surface area contributed by atoms with Crippen LogP contribution in [0.15, 0.2) is 18.3 Å². The summed E-state index contributed by atoms with van der Waals surface area (Å²) in [5, 5.41) is 2.77. The van der Waals surface area contributed by atoms with Gasteiger partial charge >= 0.3 is 0 Å². The zero-order chi connectivity index (χ0) is 10.8. The molecule has 80 valence electrons. The minimum atomic E-state index is -0.389. The highest BCUT2D eigenvalue weighted by Crippen LogP contribution is 2.16. The Morgan fingerprint density at radius 3 is 3.13 bits per heavy atom. The van der Waals surface area contributed by atoms with Gasteiger partial charge in [-0.1, -0.05) is 0 Å². The van der Waals surface area contributed by atoms with Crippen LogP contribution in [-0.2, 0) is 4.79 Å². The predicted octanol–water partition coefficient (Wildman–Crippen LogP) is 0.545. The smallest absolute Gasteiger partial charge is 0.239 e. The van der Waals surface area contributed by atoms with Gasteiger partial charge in [-0.2, -0.15) is 0 Å². The van der Waals surface area contributed by atoms with Gasteiger partial charge in [-0.15, -0.1) is 0 Å². The summed E-state index contributed by atoms with van der Waals surface area (Å²) in [5.74, 6) is -0.239. The molecule has 0 spiro atoms. The van der Waals surface area contributed by atoms with Crippen molar-refractivity contribution in [3.05, 3.63) is 24.1 Å². The maximum atomic E-state index is 13.4. The van der Waals surface area contributed by atoms with Crippen molar-refractivity contribution in [2.45, 2.75) is 13.0 Å². The monoisotopic (exact) mass is 209 g/mol. The molecule has 1 aliphatic rings. The highest BCUT2D eigenvalue weighted by atomic mass is 19.1. The van der Waals surface area contributed by atoms with Crippen LogP contribution in [0.25, 0.3) is 0 Å². The molecule has 2 heterocycles. The van der Waals surface area contributed by atoms with E-state index in [4.69, 9.17) is 0 Å². The van der Waals surface area contributed by atoms with Crippen LogP contribution < -0.4 is 10.2 Å². The molecule has 4 nitrogen and oxygen atoms in total.